The zero-order chi connectivity index (χ0) is 21.4. The molecule has 0 aliphatic carbocycles. The molecule has 0 aliphatic heterocycles. The third-order valence-electron chi connectivity index (χ3n) is 3.89. The fraction of sp³-hybridized carbons (Fsp3) is 0.118. The van der Waals surface area contributed by atoms with E-state index in [1.807, 2.05) is 0 Å². The molecule has 29 heavy (non-hydrogen) atoms. The fourth-order valence-electron chi connectivity index (χ4n) is 2.51. The van der Waals surface area contributed by atoms with E-state index in [1.54, 1.807) is 0 Å². The maximum absolute atomic E-state index is 12.9. The van der Waals surface area contributed by atoms with Gasteiger partial charge in [-0.15, -0.1) is 0 Å². The number of nitro groups is 1. The van der Waals surface area contributed by atoms with Crippen molar-refractivity contribution >= 4 is 26.9 Å². The lowest BCUT2D eigenvalue weighted by molar-refractivity contribution is -0.384. The smallest absolute Gasteiger partial charge is 0.347 e. The van der Waals surface area contributed by atoms with Gasteiger partial charge in [-0.1, -0.05) is 6.07 Å². The first-order chi connectivity index (χ1) is 13.4. The number of alkyl halides is 3. The van der Waals surface area contributed by atoms with Gasteiger partial charge in [0.2, 0.25) is 0 Å². The first-order valence-corrected chi connectivity index (χ1v) is 9.82. The normalized spacial score (nSPS) is 12.0. The second kappa shape index (κ2) is 7.20. The highest BCUT2D eigenvalue weighted by atomic mass is 32.2. The van der Waals surface area contributed by atoms with E-state index < -0.39 is 32.2 Å². The Morgan fingerprint density at radius 3 is 2.52 bits per heavy atom. The summed E-state index contributed by atoms with van der Waals surface area (Å²) in [5.74, 6) is 0. The Kier molecular flexibility index (Phi) is 5.05. The highest BCUT2D eigenvalue weighted by Crippen LogP contribution is 2.32. The van der Waals surface area contributed by atoms with Gasteiger partial charge in [-0.05, 0) is 30.3 Å². The van der Waals surface area contributed by atoms with Crippen molar-refractivity contribution in [1.29, 1.82) is 0 Å². The van der Waals surface area contributed by atoms with E-state index in [-0.39, 0.29) is 22.0 Å². The van der Waals surface area contributed by atoms with E-state index in [9.17, 15) is 31.7 Å². The standard InChI is InChI=1S/C17H13F3N4O4S/c1-29(27,28)14-5-6-15(16(8-14)24(25)26)22-12-9-21-23(10-12)13-4-2-3-11(7-13)17(18,19)20/h2-10,22H,1H3. The minimum Gasteiger partial charge on any atom is -0.347 e. The number of halogens is 3. The van der Waals surface area contributed by atoms with E-state index in [1.165, 1.54) is 41.3 Å². The van der Waals surface area contributed by atoms with Crippen LogP contribution in [0.1, 0.15) is 5.56 Å². The average molecular weight is 426 g/mol. The van der Waals surface area contributed by atoms with Crippen molar-refractivity contribution < 1.29 is 26.5 Å². The number of nitrogens with zero attached hydrogens (tertiary/aromatic N) is 3. The highest BCUT2D eigenvalue weighted by molar-refractivity contribution is 7.90. The predicted molar refractivity (Wildman–Crippen MR) is 98.1 cm³/mol. The summed E-state index contributed by atoms with van der Waals surface area (Å²) in [5.41, 5.74) is -0.898. The van der Waals surface area contributed by atoms with Crippen LogP contribution >= 0.6 is 0 Å². The number of sulfone groups is 1. The van der Waals surface area contributed by atoms with E-state index >= 15 is 0 Å². The van der Waals surface area contributed by atoms with Crippen LogP contribution in [-0.4, -0.2) is 29.4 Å². The van der Waals surface area contributed by atoms with Crippen molar-refractivity contribution in [2.24, 2.45) is 0 Å². The van der Waals surface area contributed by atoms with Crippen molar-refractivity contribution in [3.8, 4) is 5.69 Å². The molecule has 152 valence electrons. The summed E-state index contributed by atoms with van der Waals surface area (Å²) < 4.78 is 63.0. The molecule has 0 fully saturated rings. The molecule has 0 atom stereocenters. The zero-order valence-corrected chi connectivity index (χ0v) is 15.5. The minimum atomic E-state index is -4.51. The molecule has 0 saturated carbocycles. The van der Waals surface area contributed by atoms with Crippen LogP contribution in [0.5, 0.6) is 0 Å². The number of anilines is 2. The van der Waals surface area contributed by atoms with E-state index in [2.05, 4.69) is 10.4 Å². The summed E-state index contributed by atoms with van der Waals surface area (Å²) in [6.45, 7) is 0. The molecule has 1 N–H and O–H groups in total. The van der Waals surface area contributed by atoms with Gasteiger partial charge in [0.15, 0.2) is 9.84 Å². The molecule has 12 heteroatoms. The molecule has 0 unspecified atom stereocenters. The number of hydrogen-bond donors (Lipinski definition) is 1. The highest BCUT2D eigenvalue weighted by Gasteiger charge is 2.30. The van der Waals surface area contributed by atoms with Crippen LogP contribution in [0.3, 0.4) is 0 Å². The topological polar surface area (TPSA) is 107 Å². The molecule has 8 nitrogen and oxygen atoms in total. The third kappa shape index (κ3) is 4.54. The number of hydrogen-bond acceptors (Lipinski definition) is 6. The van der Waals surface area contributed by atoms with Crippen LogP contribution in [0.2, 0.25) is 0 Å². The van der Waals surface area contributed by atoms with Gasteiger partial charge in [0.25, 0.3) is 5.69 Å². The molecular weight excluding hydrogens is 413 g/mol. The lowest BCUT2D eigenvalue weighted by Gasteiger charge is -2.08. The van der Waals surface area contributed by atoms with Gasteiger partial charge in [-0.3, -0.25) is 10.1 Å². The molecule has 1 aromatic heterocycles. The molecule has 0 aliphatic rings. The van der Waals surface area contributed by atoms with Gasteiger partial charge in [-0.25, -0.2) is 13.1 Å². The predicted octanol–water partition coefficient (Wildman–Crippen LogP) is 3.95. The van der Waals surface area contributed by atoms with Crippen LogP contribution in [0.4, 0.5) is 30.2 Å². The Labute approximate surface area is 162 Å². The first kappa shape index (κ1) is 20.3. The van der Waals surface area contributed by atoms with Gasteiger partial charge in [0.05, 0.1) is 39.2 Å². The van der Waals surface area contributed by atoms with Crippen LogP contribution in [-0.2, 0) is 16.0 Å². The number of nitro benzene ring substituents is 1. The molecule has 2 aromatic carbocycles. The quantitative estimate of drug-likeness (QED) is 0.489. The Morgan fingerprint density at radius 2 is 1.90 bits per heavy atom. The summed E-state index contributed by atoms with van der Waals surface area (Å²) in [6, 6.07) is 7.88. The number of nitrogens with one attached hydrogen (secondary N) is 1. The third-order valence-corrected chi connectivity index (χ3v) is 5.00. The van der Waals surface area contributed by atoms with Crippen LogP contribution in [0, 0.1) is 10.1 Å². The van der Waals surface area contributed by atoms with Crippen molar-refractivity contribution in [3.05, 3.63) is 70.5 Å². The van der Waals surface area contributed by atoms with Gasteiger partial charge >= 0.3 is 6.18 Å². The van der Waals surface area contributed by atoms with E-state index in [0.717, 1.165) is 24.5 Å². The Morgan fingerprint density at radius 1 is 1.17 bits per heavy atom. The second-order valence-electron chi connectivity index (χ2n) is 6.05. The molecular formula is C17H13F3N4O4S. The van der Waals surface area contributed by atoms with Gasteiger partial charge in [-0.2, -0.15) is 18.3 Å². The molecule has 0 amide bonds. The molecule has 0 saturated heterocycles. The van der Waals surface area contributed by atoms with Crippen molar-refractivity contribution in [2.45, 2.75) is 11.1 Å². The van der Waals surface area contributed by atoms with Crippen LogP contribution in [0.15, 0.2) is 59.8 Å². The molecule has 0 spiro atoms. The number of rotatable bonds is 5. The Hall–Kier alpha value is -3.41. The average Bonchev–Trinajstić information content (AvgIpc) is 3.09. The molecule has 3 rings (SSSR count). The molecule has 3 aromatic rings. The number of aromatic nitrogens is 2. The lowest BCUT2D eigenvalue weighted by atomic mass is 10.2. The SMILES string of the molecule is CS(=O)(=O)c1ccc(Nc2cnn(-c3cccc(C(F)(F)F)c3)c2)c([N+](=O)[O-])c1. The zero-order valence-electron chi connectivity index (χ0n) is 14.7. The van der Waals surface area contributed by atoms with Crippen molar-refractivity contribution in [3.63, 3.8) is 0 Å². The second-order valence-corrected chi connectivity index (χ2v) is 8.07. The summed E-state index contributed by atoms with van der Waals surface area (Å²) in [5, 5.41) is 18.0. The fourth-order valence-corrected chi connectivity index (χ4v) is 3.15. The summed E-state index contributed by atoms with van der Waals surface area (Å²) >= 11 is 0. The van der Waals surface area contributed by atoms with Gasteiger partial charge < -0.3 is 5.32 Å². The summed E-state index contributed by atoms with van der Waals surface area (Å²) in [7, 11) is -3.64. The summed E-state index contributed by atoms with van der Waals surface area (Å²) in [6.07, 6.45) is -0.956. The Bertz CT molecular complexity index is 1190. The maximum Gasteiger partial charge on any atom is 0.416 e. The summed E-state index contributed by atoms with van der Waals surface area (Å²) in [4.78, 5) is 10.3. The lowest BCUT2D eigenvalue weighted by Crippen LogP contribution is -2.06. The molecule has 1 heterocycles. The molecule has 0 radical (unpaired) electrons. The first-order valence-electron chi connectivity index (χ1n) is 7.93. The van der Waals surface area contributed by atoms with Crippen LogP contribution in [0.25, 0.3) is 5.69 Å². The van der Waals surface area contributed by atoms with Gasteiger partial charge in [0, 0.05) is 12.3 Å². The van der Waals surface area contributed by atoms with Crippen LogP contribution < -0.4 is 5.32 Å². The van der Waals surface area contributed by atoms with E-state index in [4.69, 9.17) is 0 Å². The van der Waals surface area contributed by atoms with Gasteiger partial charge in [0.1, 0.15) is 5.69 Å². The maximum atomic E-state index is 12.9. The number of benzene rings is 2. The largest absolute Gasteiger partial charge is 0.416 e. The van der Waals surface area contributed by atoms with Crippen molar-refractivity contribution in [2.75, 3.05) is 11.6 Å². The molecule has 0 bridgehead atoms. The monoisotopic (exact) mass is 426 g/mol. The Balaban J connectivity index is 1.92. The van der Waals surface area contributed by atoms with E-state index in [0.29, 0.717) is 0 Å². The van der Waals surface area contributed by atoms with Crippen molar-refractivity contribution in [1.82, 2.24) is 9.78 Å². The minimum absolute atomic E-state index is 0.00555.